The first kappa shape index (κ1) is 26.5. The van der Waals surface area contributed by atoms with Crippen molar-refractivity contribution in [3.8, 4) is 0 Å². The second kappa shape index (κ2) is 12.4. The van der Waals surface area contributed by atoms with Gasteiger partial charge in [0, 0.05) is 24.7 Å². The molecule has 0 aliphatic heterocycles. The van der Waals surface area contributed by atoms with Gasteiger partial charge in [0.05, 0.1) is 18.5 Å². The Kier molecular flexibility index (Phi) is 10.2. The maximum Gasteiger partial charge on any atom is 0.326 e. The number of hydrogen-bond acceptors (Lipinski definition) is 8. The van der Waals surface area contributed by atoms with Crippen molar-refractivity contribution in [2.75, 3.05) is 0 Å². The topological polar surface area (TPSA) is 243 Å². The summed E-state index contributed by atoms with van der Waals surface area (Å²) in [6, 6.07) is -5.10. The molecule has 0 bridgehead atoms. The number of aromatic amines is 1. The van der Waals surface area contributed by atoms with Crippen LogP contribution in [0.2, 0.25) is 0 Å². The highest BCUT2D eigenvalue weighted by Crippen LogP contribution is 2.04. The minimum absolute atomic E-state index is 0.104. The Hall–Kier alpha value is -3.52. The molecule has 0 aliphatic carbocycles. The fraction of sp³-hybridized carbons (Fsp3) is 0.556. The summed E-state index contributed by atoms with van der Waals surface area (Å²) in [7, 11) is 0. The van der Waals surface area contributed by atoms with Gasteiger partial charge in [-0.1, -0.05) is 0 Å². The molecule has 0 saturated heterocycles. The first-order valence-corrected chi connectivity index (χ1v) is 9.75. The van der Waals surface area contributed by atoms with Crippen LogP contribution in [0.15, 0.2) is 12.5 Å². The van der Waals surface area contributed by atoms with Crippen LogP contribution in [0, 0.1) is 0 Å². The number of carboxylic acid groups (broad SMARTS) is 1. The summed E-state index contributed by atoms with van der Waals surface area (Å²) in [5.74, 6) is -4.59. The average Bonchev–Trinajstić information content (AvgIpc) is 3.20. The molecule has 0 aromatic carbocycles. The molecule has 0 spiro atoms. The number of hydrogen-bond donors (Lipinski definition) is 8. The summed E-state index contributed by atoms with van der Waals surface area (Å²) in [6.07, 6.45) is 0.798. The van der Waals surface area contributed by atoms with Crippen molar-refractivity contribution >= 4 is 29.6 Å². The van der Waals surface area contributed by atoms with Gasteiger partial charge in [-0.05, 0) is 20.3 Å². The molecule has 0 fully saturated rings. The zero-order chi connectivity index (χ0) is 24.4. The van der Waals surface area contributed by atoms with E-state index >= 15 is 0 Å². The van der Waals surface area contributed by atoms with E-state index in [9.17, 15) is 34.2 Å². The maximum atomic E-state index is 12.8. The van der Waals surface area contributed by atoms with Gasteiger partial charge >= 0.3 is 5.97 Å². The fourth-order valence-electron chi connectivity index (χ4n) is 2.59. The lowest BCUT2D eigenvalue weighted by molar-refractivity contribution is -0.142. The Labute approximate surface area is 183 Å². The number of carbonyl (C=O) groups excluding carboxylic acids is 4. The Morgan fingerprint density at radius 3 is 2.16 bits per heavy atom. The van der Waals surface area contributed by atoms with Crippen molar-refractivity contribution in [3.63, 3.8) is 0 Å². The molecule has 1 rings (SSSR count). The molecule has 14 heteroatoms. The van der Waals surface area contributed by atoms with Crippen molar-refractivity contribution in [3.05, 3.63) is 18.2 Å². The van der Waals surface area contributed by atoms with Gasteiger partial charge in [-0.25, -0.2) is 9.78 Å². The SMILES string of the molecule is CC(N)C(=O)NC(C(=O)NC(Cc1cnc[nH]1)C(=O)NC(CCC(N)=O)C(=O)O)C(C)O. The minimum atomic E-state index is -1.43. The molecule has 0 radical (unpaired) electrons. The Morgan fingerprint density at radius 1 is 1.06 bits per heavy atom. The molecule has 0 aliphatic rings. The predicted molar refractivity (Wildman–Crippen MR) is 109 cm³/mol. The number of H-pyrrole nitrogens is 1. The molecular formula is C18H29N7O7. The monoisotopic (exact) mass is 455 g/mol. The standard InChI is InChI=1S/C18H29N7O7/c1-8(19)15(28)25-14(9(2)26)17(30)24-12(5-10-6-21-7-22-10)16(29)23-11(18(31)32)3-4-13(20)27/h6-9,11-12,14,26H,3-5,19H2,1-2H3,(H2,20,27)(H,21,22)(H,23,29)(H,24,30)(H,25,28)(H,31,32). The quantitative estimate of drug-likeness (QED) is 0.147. The molecule has 5 atom stereocenters. The highest BCUT2D eigenvalue weighted by atomic mass is 16.4. The first-order valence-electron chi connectivity index (χ1n) is 9.75. The fourth-order valence-corrected chi connectivity index (χ4v) is 2.59. The van der Waals surface area contributed by atoms with E-state index in [2.05, 4.69) is 25.9 Å². The molecule has 5 unspecified atom stereocenters. The van der Waals surface area contributed by atoms with Crippen LogP contribution in [0.4, 0.5) is 0 Å². The van der Waals surface area contributed by atoms with E-state index in [0.717, 1.165) is 0 Å². The summed E-state index contributed by atoms with van der Waals surface area (Å²) in [6.45, 7) is 2.65. The highest BCUT2D eigenvalue weighted by Gasteiger charge is 2.32. The number of aliphatic carboxylic acids is 1. The second-order valence-electron chi connectivity index (χ2n) is 7.26. The van der Waals surface area contributed by atoms with Crippen molar-refractivity contribution in [2.24, 2.45) is 11.5 Å². The van der Waals surface area contributed by atoms with Crippen molar-refractivity contribution in [1.82, 2.24) is 25.9 Å². The van der Waals surface area contributed by atoms with Crippen LogP contribution in [-0.2, 0) is 30.4 Å². The summed E-state index contributed by atoms with van der Waals surface area (Å²) < 4.78 is 0. The number of aliphatic hydroxyl groups is 1. The van der Waals surface area contributed by atoms with Gasteiger partial charge in [0.1, 0.15) is 18.1 Å². The van der Waals surface area contributed by atoms with E-state index in [-0.39, 0.29) is 19.3 Å². The van der Waals surface area contributed by atoms with Gasteiger partial charge in [0.2, 0.25) is 23.6 Å². The number of aromatic nitrogens is 2. The Bertz CT molecular complexity index is 811. The number of primary amides is 1. The first-order chi connectivity index (χ1) is 14.9. The molecule has 32 heavy (non-hydrogen) atoms. The van der Waals surface area contributed by atoms with Crippen molar-refractivity contribution in [1.29, 1.82) is 0 Å². The third-order valence-electron chi connectivity index (χ3n) is 4.38. The van der Waals surface area contributed by atoms with Crippen LogP contribution in [0.1, 0.15) is 32.4 Å². The summed E-state index contributed by atoms with van der Waals surface area (Å²) in [5, 5.41) is 26.1. The maximum absolute atomic E-state index is 12.8. The summed E-state index contributed by atoms with van der Waals surface area (Å²) in [4.78, 5) is 66.3. The number of nitrogens with one attached hydrogen (secondary N) is 4. The number of carbonyl (C=O) groups is 5. The highest BCUT2D eigenvalue weighted by molar-refractivity contribution is 5.94. The van der Waals surface area contributed by atoms with Crippen LogP contribution >= 0.6 is 0 Å². The number of nitrogens with zero attached hydrogens (tertiary/aromatic N) is 1. The van der Waals surface area contributed by atoms with Gasteiger partial charge in [-0.2, -0.15) is 0 Å². The zero-order valence-electron chi connectivity index (χ0n) is 17.7. The van der Waals surface area contributed by atoms with E-state index in [1.165, 1.54) is 26.4 Å². The molecule has 4 amide bonds. The van der Waals surface area contributed by atoms with Crippen molar-refractivity contribution in [2.45, 2.75) is 63.4 Å². The average molecular weight is 455 g/mol. The summed E-state index contributed by atoms with van der Waals surface area (Å²) >= 11 is 0. The van der Waals surface area contributed by atoms with Gasteiger partial charge < -0.3 is 42.6 Å². The van der Waals surface area contributed by atoms with Crippen molar-refractivity contribution < 1.29 is 34.2 Å². The van der Waals surface area contributed by atoms with Gasteiger partial charge in [0.25, 0.3) is 0 Å². The van der Waals surface area contributed by atoms with Gasteiger partial charge in [-0.3, -0.25) is 19.2 Å². The number of rotatable bonds is 13. The van der Waals surface area contributed by atoms with E-state index in [1.54, 1.807) is 0 Å². The predicted octanol–water partition coefficient (Wildman–Crippen LogP) is -3.52. The lowest BCUT2D eigenvalue weighted by Gasteiger charge is -2.26. The van der Waals surface area contributed by atoms with Crippen LogP contribution in [0.5, 0.6) is 0 Å². The zero-order valence-corrected chi connectivity index (χ0v) is 17.7. The van der Waals surface area contributed by atoms with E-state index < -0.39 is 59.9 Å². The molecular weight excluding hydrogens is 426 g/mol. The second-order valence-corrected chi connectivity index (χ2v) is 7.26. The molecule has 1 aromatic heterocycles. The third-order valence-corrected chi connectivity index (χ3v) is 4.38. The molecule has 14 nitrogen and oxygen atoms in total. The van der Waals surface area contributed by atoms with E-state index in [0.29, 0.717) is 5.69 Å². The van der Waals surface area contributed by atoms with Crippen LogP contribution < -0.4 is 27.4 Å². The lowest BCUT2D eigenvalue weighted by atomic mass is 10.1. The Morgan fingerprint density at radius 2 is 1.69 bits per heavy atom. The number of imidazole rings is 1. The minimum Gasteiger partial charge on any atom is -0.480 e. The molecule has 1 aromatic rings. The van der Waals surface area contributed by atoms with E-state index in [4.69, 9.17) is 11.5 Å². The molecule has 10 N–H and O–H groups in total. The molecule has 178 valence electrons. The Balaban J connectivity index is 3.02. The summed E-state index contributed by atoms with van der Waals surface area (Å²) in [5.41, 5.74) is 10.9. The van der Waals surface area contributed by atoms with Gasteiger partial charge in [0.15, 0.2) is 0 Å². The lowest BCUT2D eigenvalue weighted by Crippen LogP contribution is -2.60. The number of carboxylic acids is 1. The molecule has 0 saturated carbocycles. The van der Waals surface area contributed by atoms with Crippen LogP contribution in [-0.4, -0.2) is 80.1 Å². The van der Waals surface area contributed by atoms with Gasteiger partial charge in [-0.15, -0.1) is 0 Å². The van der Waals surface area contributed by atoms with Crippen LogP contribution in [0.25, 0.3) is 0 Å². The largest absolute Gasteiger partial charge is 0.480 e. The third kappa shape index (κ3) is 8.69. The normalized spacial score (nSPS) is 15.5. The number of amides is 4. The molecule has 1 heterocycles. The van der Waals surface area contributed by atoms with E-state index in [1.807, 2.05) is 0 Å². The smallest absolute Gasteiger partial charge is 0.326 e. The number of aliphatic hydroxyl groups excluding tert-OH is 1. The van der Waals surface area contributed by atoms with Crippen LogP contribution in [0.3, 0.4) is 0 Å². The number of nitrogens with two attached hydrogens (primary N) is 2.